The third-order valence-corrected chi connectivity index (χ3v) is 6.86. The molecular formula is C31H22Cl2N2O3. The number of ketones is 1. The van der Waals surface area contributed by atoms with Gasteiger partial charge in [-0.3, -0.25) is 4.79 Å². The molecule has 0 amide bonds. The molecule has 0 bridgehead atoms. The van der Waals surface area contributed by atoms with E-state index in [0.29, 0.717) is 27.3 Å². The molecule has 0 aliphatic carbocycles. The number of fused-ring (bicyclic) bond motifs is 1. The van der Waals surface area contributed by atoms with Crippen molar-refractivity contribution in [3.05, 3.63) is 117 Å². The minimum atomic E-state index is -0.637. The number of carbonyl (C=O) groups is 2. The lowest BCUT2D eigenvalue weighted by Crippen LogP contribution is -2.14. The minimum absolute atomic E-state index is 0.256. The highest BCUT2D eigenvalue weighted by Crippen LogP contribution is 2.32. The maximum Gasteiger partial charge on any atom is 0.338 e. The van der Waals surface area contributed by atoms with Crippen molar-refractivity contribution < 1.29 is 14.3 Å². The Morgan fingerprint density at radius 3 is 1.79 bits per heavy atom. The average molecular weight is 541 g/mol. The van der Waals surface area contributed by atoms with Gasteiger partial charge in [0.2, 0.25) is 0 Å². The molecule has 0 aliphatic rings. The first-order valence-corrected chi connectivity index (χ1v) is 12.7. The molecule has 0 N–H and O–H groups in total. The average Bonchev–Trinajstić information content (AvgIpc) is 2.93. The van der Waals surface area contributed by atoms with Crippen molar-refractivity contribution in [3.8, 4) is 22.5 Å². The van der Waals surface area contributed by atoms with E-state index in [-0.39, 0.29) is 16.4 Å². The van der Waals surface area contributed by atoms with Gasteiger partial charge in [0.15, 0.2) is 12.4 Å². The van der Waals surface area contributed by atoms with Crippen molar-refractivity contribution in [2.45, 2.75) is 13.8 Å². The largest absolute Gasteiger partial charge is 0.454 e. The monoisotopic (exact) mass is 540 g/mol. The fourth-order valence-electron chi connectivity index (χ4n) is 3.97. The third kappa shape index (κ3) is 5.44. The molecular weight excluding hydrogens is 519 g/mol. The normalized spacial score (nSPS) is 10.9. The van der Waals surface area contributed by atoms with E-state index < -0.39 is 12.6 Å². The number of benzene rings is 4. The van der Waals surface area contributed by atoms with Gasteiger partial charge in [-0.25, -0.2) is 14.8 Å². The molecule has 5 nitrogen and oxygen atoms in total. The van der Waals surface area contributed by atoms with Crippen LogP contribution in [0, 0.1) is 13.8 Å². The van der Waals surface area contributed by atoms with Gasteiger partial charge in [-0.15, -0.1) is 0 Å². The second-order valence-corrected chi connectivity index (χ2v) is 9.80. The molecule has 0 fully saturated rings. The zero-order valence-electron chi connectivity index (χ0n) is 20.7. The summed E-state index contributed by atoms with van der Waals surface area (Å²) in [5, 5.41) is 0.597. The Balaban J connectivity index is 1.46. The van der Waals surface area contributed by atoms with E-state index in [1.54, 1.807) is 18.2 Å². The Kier molecular flexibility index (Phi) is 7.23. The molecule has 1 heterocycles. The second kappa shape index (κ2) is 10.7. The summed E-state index contributed by atoms with van der Waals surface area (Å²) < 4.78 is 5.28. The van der Waals surface area contributed by atoms with E-state index >= 15 is 0 Å². The van der Waals surface area contributed by atoms with Crippen LogP contribution in [-0.2, 0) is 4.74 Å². The zero-order valence-corrected chi connectivity index (χ0v) is 22.2. The summed E-state index contributed by atoms with van der Waals surface area (Å²) >= 11 is 11.9. The smallest absolute Gasteiger partial charge is 0.338 e. The van der Waals surface area contributed by atoms with Crippen LogP contribution >= 0.6 is 23.2 Å². The second-order valence-electron chi connectivity index (χ2n) is 8.98. The number of ether oxygens (including phenoxy) is 1. The quantitative estimate of drug-likeness (QED) is 0.161. The Labute approximate surface area is 230 Å². The van der Waals surface area contributed by atoms with E-state index in [9.17, 15) is 9.59 Å². The summed E-state index contributed by atoms with van der Waals surface area (Å²) in [6.07, 6.45) is 0. The number of rotatable bonds is 6. The Bertz CT molecular complexity index is 1680. The number of Topliss-reactive ketones (excluding diaryl/α,β-unsaturated/α-hetero) is 1. The number of hydrogen-bond donors (Lipinski definition) is 0. The molecule has 1 aromatic heterocycles. The van der Waals surface area contributed by atoms with Crippen LogP contribution in [0.5, 0.6) is 0 Å². The highest BCUT2D eigenvalue weighted by atomic mass is 35.5. The molecule has 0 saturated carbocycles. The first-order chi connectivity index (χ1) is 18.3. The highest BCUT2D eigenvalue weighted by Gasteiger charge is 2.17. The molecule has 0 radical (unpaired) electrons. The van der Waals surface area contributed by atoms with E-state index in [0.717, 1.165) is 27.9 Å². The molecule has 0 unspecified atom stereocenters. The van der Waals surface area contributed by atoms with Crippen molar-refractivity contribution in [2.75, 3.05) is 6.61 Å². The van der Waals surface area contributed by atoms with E-state index in [1.807, 2.05) is 62.4 Å². The molecule has 5 rings (SSSR count). The van der Waals surface area contributed by atoms with Gasteiger partial charge in [0.1, 0.15) is 0 Å². The Morgan fingerprint density at radius 2 is 1.21 bits per heavy atom. The van der Waals surface area contributed by atoms with Gasteiger partial charge in [-0.1, -0.05) is 82.9 Å². The summed E-state index contributed by atoms with van der Waals surface area (Å²) in [5.74, 6) is -1.02. The number of nitrogens with zero attached hydrogens (tertiary/aromatic N) is 2. The van der Waals surface area contributed by atoms with Crippen molar-refractivity contribution >= 4 is 46.0 Å². The van der Waals surface area contributed by atoms with Crippen molar-refractivity contribution in [1.82, 2.24) is 9.97 Å². The van der Waals surface area contributed by atoms with Gasteiger partial charge in [-0.05, 0) is 50.2 Å². The van der Waals surface area contributed by atoms with Crippen LogP contribution in [-0.4, -0.2) is 28.3 Å². The summed E-state index contributed by atoms with van der Waals surface area (Å²) in [6, 6.07) is 25.7. The lowest BCUT2D eigenvalue weighted by atomic mass is 10.0. The van der Waals surface area contributed by atoms with Crippen LogP contribution in [0.25, 0.3) is 33.5 Å². The molecule has 0 saturated heterocycles. The van der Waals surface area contributed by atoms with Crippen LogP contribution in [0.1, 0.15) is 31.8 Å². The lowest BCUT2D eigenvalue weighted by Gasteiger charge is -2.12. The van der Waals surface area contributed by atoms with Crippen LogP contribution in [0.2, 0.25) is 10.0 Å². The number of carbonyl (C=O) groups excluding carboxylic acids is 2. The third-order valence-electron chi connectivity index (χ3n) is 6.13. The predicted molar refractivity (Wildman–Crippen MR) is 151 cm³/mol. The summed E-state index contributed by atoms with van der Waals surface area (Å²) in [4.78, 5) is 35.1. The first-order valence-electron chi connectivity index (χ1n) is 11.9. The number of hydrogen-bond acceptors (Lipinski definition) is 5. The zero-order chi connectivity index (χ0) is 26.8. The topological polar surface area (TPSA) is 69.2 Å². The molecule has 0 aliphatic heterocycles. The van der Waals surface area contributed by atoms with Gasteiger partial charge in [0.25, 0.3) is 0 Å². The SMILES string of the molecule is Cc1ccc(-c2nc3ccc(C(=O)OCC(=O)c4ccc(Cl)c(Cl)c4)cc3nc2-c2ccc(C)cc2)cc1. The molecule has 0 atom stereocenters. The Hall–Kier alpha value is -4.06. The van der Waals surface area contributed by atoms with E-state index in [1.165, 1.54) is 18.2 Å². The minimum Gasteiger partial charge on any atom is -0.454 e. The van der Waals surface area contributed by atoms with Crippen molar-refractivity contribution in [3.63, 3.8) is 0 Å². The predicted octanol–water partition coefficient (Wildman–Crippen LogP) is 7.93. The molecule has 188 valence electrons. The van der Waals surface area contributed by atoms with Gasteiger partial charge >= 0.3 is 5.97 Å². The van der Waals surface area contributed by atoms with Crippen LogP contribution in [0.3, 0.4) is 0 Å². The van der Waals surface area contributed by atoms with Crippen molar-refractivity contribution in [2.24, 2.45) is 0 Å². The highest BCUT2D eigenvalue weighted by molar-refractivity contribution is 6.42. The van der Waals surface area contributed by atoms with E-state index in [4.69, 9.17) is 37.9 Å². The fraction of sp³-hybridized carbons (Fsp3) is 0.0968. The lowest BCUT2D eigenvalue weighted by molar-refractivity contribution is 0.0475. The Morgan fingerprint density at radius 1 is 0.658 bits per heavy atom. The molecule has 7 heteroatoms. The van der Waals surface area contributed by atoms with Crippen molar-refractivity contribution in [1.29, 1.82) is 0 Å². The molecule has 4 aromatic carbocycles. The maximum atomic E-state index is 12.8. The summed E-state index contributed by atoms with van der Waals surface area (Å²) in [6.45, 7) is 3.64. The standard InChI is InChI=1S/C31H22Cl2N2O3/c1-18-3-7-20(8-4-18)29-30(21-9-5-19(2)6-10-21)35-27-16-23(12-14-26(27)34-29)31(37)38-17-28(36)22-11-13-24(32)25(33)15-22/h3-16H,17H2,1-2H3. The van der Waals surface area contributed by atoms with Gasteiger partial charge in [0, 0.05) is 16.7 Å². The number of aromatic nitrogens is 2. The number of halogens is 2. The van der Waals surface area contributed by atoms with Gasteiger partial charge < -0.3 is 4.74 Å². The first kappa shape index (κ1) is 25.6. The molecule has 0 spiro atoms. The number of aryl methyl sites for hydroxylation is 2. The van der Waals surface area contributed by atoms with Gasteiger partial charge in [-0.2, -0.15) is 0 Å². The van der Waals surface area contributed by atoms with Gasteiger partial charge in [0.05, 0.1) is 38.0 Å². The summed E-state index contributed by atoms with van der Waals surface area (Å²) in [7, 11) is 0. The maximum absolute atomic E-state index is 12.8. The van der Waals surface area contributed by atoms with E-state index in [2.05, 4.69) is 0 Å². The van der Waals surface area contributed by atoms with Crippen LogP contribution in [0.15, 0.2) is 84.9 Å². The van der Waals surface area contributed by atoms with Crippen LogP contribution in [0.4, 0.5) is 0 Å². The molecule has 5 aromatic rings. The van der Waals surface area contributed by atoms with Crippen LogP contribution < -0.4 is 0 Å². The molecule has 38 heavy (non-hydrogen) atoms. The fourth-order valence-corrected chi connectivity index (χ4v) is 4.27. The number of esters is 1. The summed E-state index contributed by atoms with van der Waals surface area (Å²) in [5.41, 5.74) is 7.38.